The highest BCUT2D eigenvalue weighted by molar-refractivity contribution is 6.00. The molecule has 2 amide bonds. The number of ether oxygens (including phenoxy) is 3. The van der Waals surface area contributed by atoms with Crippen molar-refractivity contribution in [3.05, 3.63) is 78.0 Å². The number of pyridine rings is 1. The van der Waals surface area contributed by atoms with Crippen molar-refractivity contribution in [1.29, 1.82) is 0 Å². The molecule has 1 aromatic heterocycles. The van der Waals surface area contributed by atoms with E-state index in [1.807, 2.05) is 19.1 Å². The van der Waals surface area contributed by atoms with Gasteiger partial charge in [0.05, 0.1) is 30.4 Å². The molecule has 0 radical (unpaired) electrons. The zero-order valence-electron chi connectivity index (χ0n) is 22.3. The number of aromatic carboxylic acids is 1. The molecule has 3 aromatic rings. The first-order valence-electron chi connectivity index (χ1n) is 13.3. The van der Waals surface area contributed by atoms with E-state index in [0.29, 0.717) is 23.8 Å². The van der Waals surface area contributed by atoms with Crippen LogP contribution in [0.4, 0.5) is 10.5 Å². The molecule has 1 fully saturated rings. The van der Waals surface area contributed by atoms with Crippen molar-refractivity contribution in [2.75, 3.05) is 11.9 Å². The standard InChI is InChI=1S/C30H33N3O7/c1-2-17-38-30(37)32-21-8-10-22(11-9-21)39-23-12-14-24(15-13-23)40-28-16-7-20(19-31-28)18-27(34)33-26-6-4-3-5-25(26)29(35)36/h3-7,12-16,19,21-22H,2,8-11,17-18H2,1H3,(H,32,37)(H,33,34)(H,35,36). The summed E-state index contributed by atoms with van der Waals surface area (Å²) in [5, 5.41) is 14.8. The van der Waals surface area contributed by atoms with Gasteiger partial charge in [0.2, 0.25) is 11.8 Å². The molecular formula is C30H33N3O7. The van der Waals surface area contributed by atoms with Crippen molar-refractivity contribution in [1.82, 2.24) is 10.3 Å². The molecule has 1 saturated carbocycles. The van der Waals surface area contributed by atoms with E-state index in [9.17, 15) is 19.5 Å². The Hall–Kier alpha value is -4.60. The molecule has 0 aliphatic heterocycles. The number of anilines is 1. The molecule has 1 aliphatic rings. The number of hydrogen-bond donors (Lipinski definition) is 3. The number of para-hydroxylation sites is 1. The van der Waals surface area contributed by atoms with Crippen molar-refractivity contribution < 1.29 is 33.7 Å². The third-order valence-corrected chi connectivity index (χ3v) is 6.38. The van der Waals surface area contributed by atoms with Gasteiger partial charge in [-0.15, -0.1) is 0 Å². The average molecular weight is 548 g/mol. The average Bonchev–Trinajstić information content (AvgIpc) is 2.95. The van der Waals surface area contributed by atoms with Crippen molar-refractivity contribution >= 4 is 23.7 Å². The summed E-state index contributed by atoms with van der Waals surface area (Å²) in [6.45, 7) is 2.39. The fraction of sp³-hybridized carbons (Fsp3) is 0.333. The predicted octanol–water partition coefficient (Wildman–Crippen LogP) is 5.58. The molecule has 1 aliphatic carbocycles. The zero-order chi connectivity index (χ0) is 28.3. The molecule has 0 bridgehead atoms. The maximum atomic E-state index is 12.4. The highest BCUT2D eigenvalue weighted by Crippen LogP contribution is 2.27. The van der Waals surface area contributed by atoms with Gasteiger partial charge in [-0.25, -0.2) is 14.6 Å². The van der Waals surface area contributed by atoms with Gasteiger partial charge in [-0.3, -0.25) is 4.79 Å². The number of nitrogens with one attached hydrogen (secondary N) is 2. The van der Waals surface area contributed by atoms with Gasteiger partial charge in [0.1, 0.15) is 11.5 Å². The molecule has 3 N–H and O–H groups in total. The van der Waals surface area contributed by atoms with E-state index in [0.717, 1.165) is 37.9 Å². The smallest absolute Gasteiger partial charge is 0.407 e. The number of nitrogens with zero attached hydrogens (tertiary/aromatic N) is 1. The van der Waals surface area contributed by atoms with Crippen LogP contribution in [0.5, 0.6) is 17.4 Å². The Morgan fingerprint density at radius 2 is 1.68 bits per heavy atom. The Morgan fingerprint density at radius 3 is 2.35 bits per heavy atom. The Labute approximate surface area is 232 Å². The van der Waals surface area contributed by atoms with Crippen molar-refractivity contribution in [2.45, 2.75) is 57.6 Å². The summed E-state index contributed by atoms with van der Waals surface area (Å²) in [6, 6.07) is 17.0. The number of hydrogen-bond acceptors (Lipinski definition) is 7. The maximum Gasteiger partial charge on any atom is 0.407 e. The number of amides is 2. The fourth-order valence-electron chi connectivity index (χ4n) is 4.36. The lowest BCUT2D eigenvalue weighted by Crippen LogP contribution is -2.40. The number of benzene rings is 2. The topological polar surface area (TPSA) is 136 Å². The molecule has 0 saturated heterocycles. The number of carbonyl (C=O) groups excluding carboxylic acids is 2. The molecule has 10 heteroatoms. The van der Waals surface area contributed by atoms with Crippen molar-refractivity contribution in [2.24, 2.45) is 0 Å². The SMILES string of the molecule is CCCOC(=O)NC1CCC(Oc2ccc(Oc3ccc(CC(=O)Nc4ccccc4C(=O)O)cn3)cc2)CC1. The first kappa shape index (κ1) is 28.4. The summed E-state index contributed by atoms with van der Waals surface area (Å²) in [6.07, 6.45) is 5.48. The van der Waals surface area contributed by atoms with Gasteiger partial charge >= 0.3 is 12.1 Å². The van der Waals surface area contributed by atoms with Gasteiger partial charge < -0.3 is 30.0 Å². The second-order valence-corrected chi connectivity index (χ2v) is 9.53. The molecule has 40 heavy (non-hydrogen) atoms. The Balaban J connectivity index is 1.21. The molecule has 210 valence electrons. The largest absolute Gasteiger partial charge is 0.490 e. The summed E-state index contributed by atoms with van der Waals surface area (Å²) in [4.78, 5) is 39.7. The number of carboxylic acids is 1. The third-order valence-electron chi connectivity index (χ3n) is 6.38. The summed E-state index contributed by atoms with van der Waals surface area (Å²) >= 11 is 0. The molecule has 2 aromatic carbocycles. The molecule has 0 unspecified atom stereocenters. The van der Waals surface area contributed by atoms with Crippen LogP contribution in [0.1, 0.15) is 54.9 Å². The van der Waals surface area contributed by atoms with Crippen LogP contribution in [-0.2, 0) is 16.0 Å². The summed E-state index contributed by atoms with van der Waals surface area (Å²) < 4.78 is 17.0. The van der Waals surface area contributed by atoms with Crippen LogP contribution < -0.4 is 20.1 Å². The zero-order valence-corrected chi connectivity index (χ0v) is 22.3. The van der Waals surface area contributed by atoms with E-state index in [4.69, 9.17) is 14.2 Å². The van der Waals surface area contributed by atoms with Gasteiger partial charge in [0.15, 0.2) is 0 Å². The lowest BCUT2D eigenvalue weighted by atomic mass is 9.93. The van der Waals surface area contributed by atoms with Crippen LogP contribution in [0.2, 0.25) is 0 Å². The molecular weight excluding hydrogens is 514 g/mol. The first-order chi connectivity index (χ1) is 19.4. The van der Waals surface area contributed by atoms with E-state index in [1.165, 1.54) is 6.07 Å². The van der Waals surface area contributed by atoms with Gasteiger partial charge in [0.25, 0.3) is 0 Å². The summed E-state index contributed by atoms with van der Waals surface area (Å²) in [5.41, 5.74) is 0.929. The highest BCUT2D eigenvalue weighted by atomic mass is 16.5. The van der Waals surface area contributed by atoms with Crippen LogP contribution in [0, 0.1) is 0 Å². The number of alkyl carbamates (subject to hydrolysis) is 1. The number of carbonyl (C=O) groups is 3. The number of rotatable bonds is 11. The molecule has 0 atom stereocenters. The van der Waals surface area contributed by atoms with Crippen molar-refractivity contribution in [3.8, 4) is 17.4 Å². The normalized spacial score (nSPS) is 16.4. The van der Waals surface area contributed by atoms with Gasteiger partial charge in [-0.2, -0.15) is 0 Å². The van der Waals surface area contributed by atoms with E-state index in [2.05, 4.69) is 15.6 Å². The van der Waals surface area contributed by atoms with E-state index in [1.54, 1.807) is 48.7 Å². The highest BCUT2D eigenvalue weighted by Gasteiger charge is 2.24. The Bertz CT molecular complexity index is 1290. The van der Waals surface area contributed by atoms with Crippen LogP contribution >= 0.6 is 0 Å². The minimum atomic E-state index is -1.11. The molecule has 0 spiro atoms. The van der Waals surface area contributed by atoms with Crippen LogP contribution in [0.3, 0.4) is 0 Å². The number of aromatic nitrogens is 1. The first-order valence-corrected chi connectivity index (χ1v) is 13.3. The van der Waals surface area contributed by atoms with Crippen LogP contribution in [0.15, 0.2) is 66.9 Å². The Kier molecular flexibility index (Phi) is 9.93. The van der Waals surface area contributed by atoms with Crippen LogP contribution in [0.25, 0.3) is 0 Å². The second-order valence-electron chi connectivity index (χ2n) is 9.53. The minimum Gasteiger partial charge on any atom is -0.490 e. The van der Waals surface area contributed by atoms with E-state index in [-0.39, 0.29) is 41.8 Å². The Morgan fingerprint density at radius 1 is 0.950 bits per heavy atom. The number of carboxylic acid groups (broad SMARTS) is 1. The molecule has 10 nitrogen and oxygen atoms in total. The predicted molar refractivity (Wildman–Crippen MR) is 148 cm³/mol. The quantitative estimate of drug-likeness (QED) is 0.283. The van der Waals surface area contributed by atoms with Gasteiger partial charge in [-0.1, -0.05) is 25.1 Å². The second kappa shape index (κ2) is 14.0. The van der Waals surface area contributed by atoms with Gasteiger partial charge in [-0.05, 0) is 74.1 Å². The maximum absolute atomic E-state index is 12.4. The van der Waals surface area contributed by atoms with E-state index < -0.39 is 5.97 Å². The van der Waals surface area contributed by atoms with E-state index >= 15 is 0 Å². The van der Waals surface area contributed by atoms with Crippen LogP contribution in [-0.4, -0.2) is 46.8 Å². The fourth-order valence-corrected chi connectivity index (χ4v) is 4.36. The minimum absolute atomic E-state index is 0.0280. The summed E-state index contributed by atoms with van der Waals surface area (Å²) in [5.74, 6) is 0.247. The van der Waals surface area contributed by atoms with Crippen molar-refractivity contribution in [3.63, 3.8) is 0 Å². The molecule has 1 heterocycles. The van der Waals surface area contributed by atoms with Gasteiger partial charge in [0, 0.05) is 18.3 Å². The summed E-state index contributed by atoms with van der Waals surface area (Å²) in [7, 11) is 0. The third kappa shape index (κ3) is 8.45. The monoisotopic (exact) mass is 547 g/mol. The molecule has 4 rings (SSSR count). The lowest BCUT2D eigenvalue weighted by Gasteiger charge is -2.29. The lowest BCUT2D eigenvalue weighted by molar-refractivity contribution is -0.115.